The van der Waals surface area contributed by atoms with Crippen molar-refractivity contribution >= 4 is 23.2 Å². The van der Waals surface area contributed by atoms with Crippen molar-refractivity contribution in [3.8, 4) is 0 Å². The summed E-state index contributed by atoms with van der Waals surface area (Å²) in [5.74, 6) is -0.0739. The van der Waals surface area contributed by atoms with E-state index < -0.39 is 0 Å². The summed E-state index contributed by atoms with van der Waals surface area (Å²) >= 11 is 6.03. The number of ether oxygens (including phenoxy) is 1. The molecule has 1 heterocycles. The van der Waals surface area contributed by atoms with Gasteiger partial charge in [0.1, 0.15) is 0 Å². The Hall–Kier alpha value is -1.26. The minimum absolute atomic E-state index is 0.0739. The molecule has 1 saturated heterocycles. The number of rotatable bonds is 5. The van der Waals surface area contributed by atoms with Crippen LogP contribution in [0, 0.1) is 0 Å². The zero-order chi connectivity index (χ0) is 15.2. The van der Waals surface area contributed by atoms with Crippen molar-refractivity contribution in [3.05, 3.63) is 28.8 Å². The van der Waals surface area contributed by atoms with E-state index in [1.54, 1.807) is 12.1 Å². The molecule has 5 heteroatoms. The molecule has 4 nitrogen and oxygen atoms in total. The first kappa shape index (κ1) is 16.1. The Bertz CT molecular complexity index is 493. The predicted octanol–water partition coefficient (Wildman–Crippen LogP) is 3.46. The van der Waals surface area contributed by atoms with E-state index in [2.05, 4.69) is 17.6 Å². The van der Waals surface area contributed by atoms with Gasteiger partial charge in [-0.15, -0.1) is 0 Å². The van der Waals surface area contributed by atoms with Gasteiger partial charge in [-0.05, 0) is 44.4 Å². The lowest BCUT2D eigenvalue weighted by Gasteiger charge is -2.28. The van der Waals surface area contributed by atoms with E-state index in [9.17, 15) is 4.79 Å². The summed E-state index contributed by atoms with van der Waals surface area (Å²) in [6.07, 6.45) is 2.90. The predicted molar refractivity (Wildman–Crippen MR) is 86.1 cm³/mol. The molecule has 0 aliphatic carbocycles. The lowest BCUT2D eigenvalue weighted by molar-refractivity contribution is 0.0137. The molecule has 0 saturated carbocycles. The van der Waals surface area contributed by atoms with Gasteiger partial charge >= 0.3 is 0 Å². The van der Waals surface area contributed by atoms with E-state index in [-0.39, 0.29) is 18.1 Å². The van der Waals surface area contributed by atoms with Crippen LogP contribution in [0.4, 0.5) is 5.69 Å². The number of halogens is 1. The van der Waals surface area contributed by atoms with Crippen LogP contribution in [0.25, 0.3) is 0 Å². The van der Waals surface area contributed by atoms with Gasteiger partial charge in [0.2, 0.25) is 0 Å². The van der Waals surface area contributed by atoms with Gasteiger partial charge in [0.25, 0.3) is 5.91 Å². The fraction of sp³-hybridized carbons (Fsp3) is 0.562. The van der Waals surface area contributed by atoms with E-state index in [1.165, 1.54) is 0 Å². The maximum Gasteiger partial charge on any atom is 0.253 e. The molecule has 2 unspecified atom stereocenters. The Morgan fingerprint density at radius 3 is 3.00 bits per heavy atom. The molecule has 21 heavy (non-hydrogen) atoms. The van der Waals surface area contributed by atoms with Crippen LogP contribution in [0.1, 0.15) is 43.5 Å². The molecule has 1 amide bonds. The van der Waals surface area contributed by atoms with Crippen molar-refractivity contribution in [1.29, 1.82) is 0 Å². The zero-order valence-electron chi connectivity index (χ0n) is 12.6. The Labute approximate surface area is 131 Å². The summed E-state index contributed by atoms with van der Waals surface area (Å²) in [6, 6.07) is 5.54. The second kappa shape index (κ2) is 7.66. The van der Waals surface area contributed by atoms with Gasteiger partial charge in [-0.3, -0.25) is 4.79 Å². The molecule has 1 fully saturated rings. The third-order valence-electron chi connectivity index (χ3n) is 3.61. The average Bonchev–Trinajstić information content (AvgIpc) is 2.46. The van der Waals surface area contributed by atoms with Crippen LogP contribution in [-0.2, 0) is 4.74 Å². The summed E-state index contributed by atoms with van der Waals surface area (Å²) in [5.41, 5.74) is 1.44. The minimum Gasteiger partial charge on any atom is -0.384 e. The van der Waals surface area contributed by atoms with Crippen LogP contribution in [0.2, 0.25) is 5.02 Å². The molecule has 2 atom stereocenters. The van der Waals surface area contributed by atoms with Crippen molar-refractivity contribution in [2.24, 2.45) is 0 Å². The number of benzene rings is 1. The summed E-state index contributed by atoms with van der Waals surface area (Å²) in [5, 5.41) is 6.94. The highest BCUT2D eigenvalue weighted by atomic mass is 35.5. The Morgan fingerprint density at radius 2 is 2.29 bits per heavy atom. The van der Waals surface area contributed by atoms with Gasteiger partial charge in [0, 0.05) is 29.9 Å². The van der Waals surface area contributed by atoms with E-state index in [0.717, 1.165) is 31.5 Å². The number of nitrogens with one attached hydrogen (secondary N) is 2. The number of hydrogen-bond acceptors (Lipinski definition) is 3. The molecule has 2 rings (SSSR count). The highest BCUT2D eigenvalue weighted by Gasteiger charge is 2.22. The third kappa shape index (κ3) is 4.61. The van der Waals surface area contributed by atoms with Crippen LogP contribution in [0.5, 0.6) is 0 Å². The molecule has 2 N–H and O–H groups in total. The van der Waals surface area contributed by atoms with Crippen molar-refractivity contribution < 1.29 is 9.53 Å². The van der Waals surface area contributed by atoms with Crippen molar-refractivity contribution in [2.75, 3.05) is 18.5 Å². The number of hydrogen-bond donors (Lipinski definition) is 2. The molecule has 1 aromatic carbocycles. The molecular formula is C16H23ClN2O2. The van der Waals surface area contributed by atoms with Crippen LogP contribution in [0.3, 0.4) is 0 Å². The standard InChI is InChI=1S/C16H23ClN2O2/c1-3-7-18-15-5-4-12(17)10-14(15)16(20)19-13-6-8-21-11(2)9-13/h4-5,10-11,13,18H,3,6-9H2,1-2H3,(H,19,20). The minimum atomic E-state index is -0.0739. The van der Waals surface area contributed by atoms with Gasteiger partial charge < -0.3 is 15.4 Å². The summed E-state index contributed by atoms with van der Waals surface area (Å²) in [4.78, 5) is 12.5. The quantitative estimate of drug-likeness (QED) is 0.875. The molecule has 1 aliphatic heterocycles. The highest BCUT2D eigenvalue weighted by Crippen LogP contribution is 2.22. The van der Waals surface area contributed by atoms with E-state index in [0.29, 0.717) is 17.2 Å². The average molecular weight is 311 g/mol. The van der Waals surface area contributed by atoms with E-state index in [1.807, 2.05) is 13.0 Å². The van der Waals surface area contributed by atoms with Crippen molar-refractivity contribution in [2.45, 2.75) is 45.3 Å². The first-order valence-electron chi connectivity index (χ1n) is 7.56. The topological polar surface area (TPSA) is 50.4 Å². The number of carbonyl (C=O) groups excluding carboxylic acids is 1. The normalized spacial score (nSPS) is 21.9. The number of amides is 1. The summed E-state index contributed by atoms with van der Waals surface area (Å²) in [6.45, 7) is 5.65. The van der Waals surface area contributed by atoms with Gasteiger partial charge in [0.15, 0.2) is 0 Å². The SMILES string of the molecule is CCCNc1ccc(Cl)cc1C(=O)NC1CCOC(C)C1. The molecule has 0 spiro atoms. The zero-order valence-corrected chi connectivity index (χ0v) is 13.4. The van der Waals surface area contributed by atoms with Gasteiger partial charge in [-0.1, -0.05) is 18.5 Å². The molecule has 1 aromatic rings. The monoisotopic (exact) mass is 310 g/mol. The Balaban J connectivity index is 2.08. The van der Waals surface area contributed by atoms with Crippen molar-refractivity contribution in [1.82, 2.24) is 5.32 Å². The fourth-order valence-corrected chi connectivity index (χ4v) is 2.68. The van der Waals surface area contributed by atoms with E-state index in [4.69, 9.17) is 16.3 Å². The van der Waals surface area contributed by atoms with Crippen LogP contribution in [-0.4, -0.2) is 31.2 Å². The maximum atomic E-state index is 12.5. The maximum absolute atomic E-state index is 12.5. The molecule has 116 valence electrons. The van der Waals surface area contributed by atoms with Gasteiger partial charge in [-0.25, -0.2) is 0 Å². The lowest BCUT2D eigenvalue weighted by Crippen LogP contribution is -2.41. The molecular weight excluding hydrogens is 288 g/mol. The third-order valence-corrected chi connectivity index (χ3v) is 3.85. The molecule has 0 aromatic heterocycles. The van der Waals surface area contributed by atoms with Crippen molar-refractivity contribution in [3.63, 3.8) is 0 Å². The number of anilines is 1. The molecule has 0 bridgehead atoms. The molecule has 0 radical (unpaired) electrons. The Kier molecular flexibility index (Phi) is 5.88. The first-order valence-corrected chi connectivity index (χ1v) is 7.93. The molecule has 1 aliphatic rings. The number of carbonyl (C=O) groups is 1. The Morgan fingerprint density at radius 1 is 1.48 bits per heavy atom. The largest absolute Gasteiger partial charge is 0.384 e. The van der Waals surface area contributed by atoms with Gasteiger partial charge in [-0.2, -0.15) is 0 Å². The van der Waals surface area contributed by atoms with Crippen LogP contribution in [0.15, 0.2) is 18.2 Å². The summed E-state index contributed by atoms with van der Waals surface area (Å²) in [7, 11) is 0. The first-order chi connectivity index (χ1) is 10.1. The highest BCUT2D eigenvalue weighted by molar-refractivity contribution is 6.31. The summed E-state index contributed by atoms with van der Waals surface area (Å²) < 4.78 is 5.51. The van der Waals surface area contributed by atoms with Gasteiger partial charge in [0.05, 0.1) is 11.7 Å². The second-order valence-corrected chi connectivity index (χ2v) is 5.93. The lowest BCUT2D eigenvalue weighted by atomic mass is 10.0. The van der Waals surface area contributed by atoms with Crippen LogP contribution < -0.4 is 10.6 Å². The second-order valence-electron chi connectivity index (χ2n) is 5.49. The smallest absolute Gasteiger partial charge is 0.253 e. The van der Waals surface area contributed by atoms with Crippen LogP contribution >= 0.6 is 11.6 Å². The van der Waals surface area contributed by atoms with E-state index >= 15 is 0 Å². The fourth-order valence-electron chi connectivity index (χ4n) is 2.51.